The zero-order valence-corrected chi connectivity index (χ0v) is 12.3. The molecule has 0 saturated carbocycles. The highest BCUT2D eigenvalue weighted by atomic mass is 16.5. The summed E-state index contributed by atoms with van der Waals surface area (Å²) in [4.78, 5) is 37.8. The lowest BCUT2D eigenvalue weighted by molar-refractivity contribution is -0.146. The number of hydrogen-bond acceptors (Lipinski definition) is 4. The second kappa shape index (κ2) is 7.12. The minimum absolute atomic E-state index is 0.0632. The Kier molecular flexibility index (Phi) is 5.79. The highest BCUT2D eigenvalue weighted by Gasteiger charge is 2.30. The van der Waals surface area contributed by atoms with E-state index in [1.165, 1.54) is 16.9 Å². The maximum absolute atomic E-state index is 12.3. The van der Waals surface area contributed by atoms with Crippen LogP contribution in [0, 0.1) is 11.8 Å². The van der Waals surface area contributed by atoms with E-state index in [-0.39, 0.29) is 23.7 Å². The number of esters is 1. The van der Waals surface area contributed by atoms with E-state index in [2.05, 4.69) is 4.74 Å². The van der Waals surface area contributed by atoms with E-state index in [4.69, 9.17) is 5.73 Å². The number of nitrogens with two attached hydrogens (primary N) is 1. The third-order valence-corrected chi connectivity index (χ3v) is 3.61. The number of carbonyl (C=O) groups is 3. The Morgan fingerprint density at radius 1 is 1.45 bits per heavy atom. The number of primary amides is 1. The summed E-state index contributed by atoms with van der Waals surface area (Å²) >= 11 is 0. The molecule has 0 aromatic heterocycles. The lowest BCUT2D eigenvalue weighted by Gasteiger charge is -2.33. The van der Waals surface area contributed by atoms with Crippen LogP contribution < -0.4 is 5.73 Å². The van der Waals surface area contributed by atoms with Gasteiger partial charge in [0.25, 0.3) is 0 Å². The fourth-order valence-electron chi connectivity index (χ4n) is 2.47. The van der Waals surface area contributed by atoms with Crippen molar-refractivity contribution in [2.75, 3.05) is 33.8 Å². The van der Waals surface area contributed by atoms with Crippen molar-refractivity contribution in [2.45, 2.75) is 19.8 Å². The number of rotatable bonds is 4. The molecule has 20 heavy (non-hydrogen) atoms. The average molecular weight is 285 g/mol. The monoisotopic (exact) mass is 285 g/mol. The minimum atomic E-state index is -0.493. The number of nitrogens with zero attached hydrogens (tertiary/aromatic N) is 2. The van der Waals surface area contributed by atoms with Crippen LogP contribution in [0.2, 0.25) is 0 Å². The fraction of sp³-hybridized carbons (Fsp3) is 0.769. The number of piperidine rings is 1. The van der Waals surface area contributed by atoms with Gasteiger partial charge in [-0.1, -0.05) is 6.92 Å². The van der Waals surface area contributed by atoms with Crippen molar-refractivity contribution in [3.8, 4) is 0 Å². The summed E-state index contributed by atoms with van der Waals surface area (Å²) in [5.41, 5.74) is 5.25. The zero-order chi connectivity index (χ0) is 15.3. The fourth-order valence-corrected chi connectivity index (χ4v) is 2.47. The van der Waals surface area contributed by atoms with Crippen LogP contribution >= 0.6 is 0 Å². The molecule has 2 N–H and O–H groups in total. The van der Waals surface area contributed by atoms with Gasteiger partial charge in [-0.05, 0) is 12.8 Å². The van der Waals surface area contributed by atoms with Gasteiger partial charge in [0.2, 0.25) is 5.91 Å². The largest absolute Gasteiger partial charge is 0.469 e. The van der Waals surface area contributed by atoms with E-state index >= 15 is 0 Å². The predicted molar refractivity (Wildman–Crippen MR) is 72.7 cm³/mol. The van der Waals surface area contributed by atoms with Crippen LogP contribution in [0.4, 0.5) is 4.79 Å². The van der Waals surface area contributed by atoms with Gasteiger partial charge in [-0.3, -0.25) is 9.59 Å². The molecular formula is C13H23N3O4. The summed E-state index contributed by atoms with van der Waals surface area (Å²) in [5, 5.41) is 0. The second-order valence-electron chi connectivity index (χ2n) is 5.27. The molecule has 1 aliphatic heterocycles. The molecule has 0 radical (unpaired) electrons. The Balaban J connectivity index is 2.55. The van der Waals surface area contributed by atoms with Gasteiger partial charge < -0.3 is 20.3 Å². The van der Waals surface area contributed by atoms with E-state index in [9.17, 15) is 14.4 Å². The van der Waals surface area contributed by atoms with Crippen molar-refractivity contribution in [1.82, 2.24) is 9.80 Å². The van der Waals surface area contributed by atoms with Crippen molar-refractivity contribution in [1.29, 1.82) is 0 Å². The molecule has 0 bridgehead atoms. The van der Waals surface area contributed by atoms with Crippen LogP contribution in [-0.4, -0.2) is 61.5 Å². The number of ether oxygens (including phenoxy) is 1. The van der Waals surface area contributed by atoms with Gasteiger partial charge in [0.1, 0.15) is 0 Å². The third kappa shape index (κ3) is 4.11. The van der Waals surface area contributed by atoms with Gasteiger partial charge in [-0.25, -0.2) is 4.79 Å². The Bertz CT molecular complexity index is 386. The van der Waals surface area contributed by atoms with E-state index in [0.717, 1.165) is 12.8 Å². The summed E-state index contributed by atoms with van der Waals surface area (Å²) in [6.07, 6.45) is 1.50. The van der Waals surface area contributed by atoms with Gasteiger partial charge in [-0.15, -0.1) is 0 Å². The van der Waals surface area contributed by atoms with Crippen LogP contribution in [-0.2, 0) is 14.3 Å². The Morgan fingerprint density at radius 2 is 2.10 bits per heavy atom. The smallest absolute Gasteiger partial charge is 0.314 e. The van der Waals surface area contributed by atoms with Crippen LogP contribution in [0.3, 0.4) is 0 Å². The summed E-state index contributed by atoms with van der Waals surface area (Å²) in [7, 11) is 2.98. The first-order valence-corrected chi connectivity index (χ1v) is 6.74. The molecule has 1 saturated heterocycles. The number of urea groups is 1. The van der Waals surface area contributed by atoms with Crippen molar-refractivity contribution in [2.24, 2.45) is 17.6 Å². The van der Waals surface area contributed by atoms with Gasteiger partial charge >= 0.3 is 12.0 Å². The van der Waals surface area contributed by atoms with Crippen molar-refractivity contribution < 1.29 is 19.1 Å². The summed E-state index contributed by atoms with van der Waals surface area (Å²) < 4.78 is 4.64. The molecule has 2 atom stereocenters. The molecule has 3 amide bonds. The molecule has 114 valence electrons. The molecular weight excluding hydrogens is 262 g/mol. The first-order valence-electron chi connectivity index (χ1n) is 6.74. The highest BCUT2D eigenvalue weighted by molar-refractivity contribution is 5.81. The van der Waals surface area contributed by atoms with Crippen LogP contribution in [0.5, 0.6) is 0 Å². The molecule has 1 rings (SSSR count). The van der Waals surface area contributed by atoms with Gasteiger partial charge in [0.15, 0.2) is 0 Å². The van der Waals surface area contributed by atoms with E-state index in [1.807, 2.05) is 0 Å². The van der Waals surface area contributed by atoms with Crippen molar-refractivity contribution in [3.63, 3.8) is 0 Å². The standard InChI is InChI=1S/C13H23N3O4/c1-9(12(18)20-3)7-15(2)11(17)10-5-4-6-16(8-10)13(14)19/h9-10H,4-8H2,1-3H3,(H2,14,19). The number of carbonyl (C=O) groups excluding carboxylic acids is 3. The van der Waals surface area contributed by atoms with Gasteiger partial charge in [-0.2, -0.15) is 0 Å². The highest BCUT2D eigenvalue weighted by Crippen LogP contribution is 2.18. The number of likely N-dealkylation sites (tertiary alicyclic amines) is 1. The third-order valence-electron chi connectivity index (χ3n) is 3.61. The molecule has 2 unspecified atom stereocenters. The Labute approximate surface area is 119 Å². The second-order valence-corrected chi connectivity index (χ2v) is 5.27. The molecule has 1 aliphatic rings. The number of methoxy groups -OCH3 is 1. The topological polar surface area (TPSA) is 92.9 Å². The number of hydrogen-bond donors (Lipinski definition) is 1. The van der Waals surface area contributed by atoms with Gasteiger partial charge in [0.05, 0.1) is 18.9 Å². The molecule has 0 spiro atoms. The lowest BCUT2D eigenvalue weighted by atomic mass is 9.96. The predicted octanol–water partition coefficient (Wildman–Crippen LogP) is 0.0446. The summed E-state index contributed by atoms with van der Waals surface area (Å²) in [6, 6.07) is -0.493. The van der Waals surface area contributed by atoms with Gasteiger partial charge in [0, 0.05) is 26.7 Å². The average Bonchev–Trinajstić information content (AvgIpc) is 2.45. The Hall–Kier alpha value is -1.79. The quantitative estimate of drug-likeness (QED) is 0.738. The van der Waals surface area contributed by atoms with Crippen LogP contribution in [0.15, 0.2) is 0 Å². The maximum Gasteiger partial charge on any atom is 0.314 e. The van der Waals surface area contributed by atoms with Crippen molar-refractivity contribution in [3.05, 3.63) is 0 Å². The lowest BCUT2D eigenvalue weighted by Crippen LogP contribution is -2.48. The normalized spacial score (nSPS) is 20.1. The molecule has 1 heterocycles. The zero-order valence-electron chi connectivity index (χ0n) is 12.3. The molecule has 1 fully saturated rings. The Morgan fingerprint density at radius 3 is 2.65 bits per heavy atom. The maximum atomic E-state index is 12.3. The molecule has 7 heteroatoms. The minimum Gasteiger partial charge on any atom is -0.469 e. The first kappa shape index (κ1) is 16.3. The van der Waals surface area contributed by atoms with E-state index in [0.29, 0.717) is 19.6 Å². The summed E-state index contributed by atoms with van der Waals surface area (Å²) in [6.45, 7) is 2.97. The molecule has 0 aromatic rings. The molecule has 7 nitrogen and oxygen atoms in total. The van der Waals surface area contributed by atoms with Crippen LogP contribution in [0.1, 0.15) is 19.8 Å². The number of amides is 3. The summed E-state index contributed by atoms with van der Waals surface area (Å²) in [5.74, 6) is -1.02. The van der Waals surface area contributed by atoms with Crippen LogP contribution in [0.25, 0.3) is 0 Å². The molecule has 0 aromatic carbocycles. The van der Waals surface area contributed by atoms with E-state index in [1.54, 1.807) is 14.0 Å². The van der Waals surface area contributed by atoms with Crippen molar-refractivity contribution >= 4 is 17.9 Å². The van der Waals surface area contributed by atoms with E-state index < -0.39 is 6.03 Å². The first-order chi connectivity index (χ1) is 9.36. The molecule has 0 aliphatic carbocycles. The SMILES string of the molecule is COC(=O)C(C)CN(C)C(=O)C1CCCN(C(N)=O)C1.